The zero-order chi connectivity index (χ0) is 20.3. The summed E-state index contributed by atoms with van der Waals surface area (Å²) in [5, 5.41) is 11.9. The molecule has 0 fully saturated rings. The molecule has 3 aromatic heterocycles. The molecular weight excluding hydrogens is 378 g/mol. The molecule has 1 amide bonds. The molecular formula is C18H23N7O2S. The highest BCUT2D eigenvalue weighted by atomic mass is 32.1. The first-order valence-electron chi connectivity index (χ1n) is 8.87. The van der Waals surface area contributed by atoms with Crippen LogP contribution < -0.4 is 16.2 Å². The van der Waals surface area contributed by atoms with Crippen LogP contribution in [0.1, 0.15) is 40.3 Å². The van der Waals surface area contributed by atoms with Crippen molar-refractivity contribution in [3.63, 3.8) is 0 Å². The van der Waals surface area contributed by atoms with Gasteiger partial charge in [-0.25, -0.2) is 0 Å². The van der Waals surface area contributed by atoms with Gasteiger partial charge in [0.05, 0.1) is 29.8 Å². The van der Waals surface area contributed by atoms with Crippen LogP contribution in [0.25, 0.3) is 0 Å². The Hall–Kier alpha value is -3.14. The molecule has 28 heavy (non-hydrogen) atoms. The van der Waals surface area contributed by atoms with E-state index in [4.69, 9.17) is 16.6 Å². The Bertz CT molecular complexity index is 1000. The lowest BCUT2D eigenvalue weighted by molar-refractivity contribution is 0.0914. The van der Waals surface area contributed by atoms with Gasteiger partial charge in [-0.1, -0.05) is 0 Å². The molecule has 0 radical (unpaired) electrons. The summed E-state index contributed by atoms with van der Waals surface area (Å²) in [7, 11) is 0. The summed E-state index contributed by atoms with van der Waals surface area (Å²) < 4.78 is 9.28. The van der Waals surface area contributed by atoms with Gasteiger partial charge in [-0.15, -0.1) is 0 Å². The van der Waals surface area contributed by atoms with E-state index in [-0.39, 0.29) is 10.9 Å². The van der Waals surface area contributed by atoms with E-state index in [1.807, 2.05) is 43.1 Å². The van der Waals surface area contributed by atoms with Crippen molar-refractivity contribution in [2.24, 2.45) is 0 Å². The maximum Gasteiger partial charge on any atom is 0.305 e. The Morgan fingerprint density at radius 1 is 1.21 bits per heavy atom. The van der Waals surface area contributed by atoms with E-state index < -0.39 is 5.91 Å². The van der Waals surface area contributed by atoms with Crippen molar-refractivity contribution < 1.29 is 9.21 Å². The topological polar surface area (TPSA) is 102 Å². The van der Waals surface area contributed by atoms with Crippen molar-refractivity contribution in [2.45, 2.75) is 40.8 Å². The number of nitrogens with zero attached hydrogens (tertiary/aromatic N) is 4. The first kappa shape index (κ1) is 19.6. The van der Waals surface area contributed by atoms with Gasteiger partial charge in [0.2, 0.25) is 0 Å². The first-order valence-corrected chi connectivity index (χ1v) is 9.27. The van der Waals surface area contributed by atoms with E-state index in [0.29, 0.717) is 12.3 Å². The molecule has 0 bridgehead atoms. The molecule has 0 aliphatic heterocycles. The number of hydrogen-bond donors (Lipinski definition) is 3. The average molecular weight is 401 g/mol. The van der Waals surface area contributed by atoms with Crippen LogP contribution in [0.3, 0.4) is 0 Å². The van der Waals surface area contributed by atoms with Crippen LogP contribution in [0.5, 0.6) is 0 Å². The number of nitrogens with one attached hydrogen (secondary N) is 3. The molecule has 3 heterocycles. The number of thiocarbonyl (C=S) groups is 1. The number of hydrogen-bond acceptors (Lipinski definition) is 5. The van der Waals surface area contributed by atoms with Crippen LogP contribution >= 0.6 is 12.2 Å². The van der Waals surface area contributed by atoms with Gasteiger partial charge >= 0.3 is 5.91 Å². The van der Waals surface area contributed by atoms with Gasteiger partial charge in [0.1, 0.15) is 5.76 Å². The van der Waals surface area contributed by atoms with Crippen molar-refractivity contribution >= 4 is 28.9 Å². The summed E-state index contributed by atoms with van der Waals surface area (Å²) in [6, 6.07) is 5.36. The molecule has 9 nitrogen and oxygen atoms in total. The molecule has 0 aliphatic carbocycles. The predicted molar refractivity (Wildman–Crippen MR) is 109 cm³/mol. The van der Waals surface area contributed by atoms with E-state index in [1.165, 1.54) is 0 Å². The van der Waals surface area contributed by atoms with Crippen LogP contribution in [-0.2, 0) is 13.1 Å². The number of amides is 1. The summed E-state index contributed by atoms with van der Waals surface area (Å²) in [6.07, 6.45) is 1.69. The minimum absolute atomic E-state index is 0.182. The van der Waals surface area contributed by atoms with Crippen LogP contribution in [0.15, 0.2) is 28.8 Å². The molecule has 0 saturated heterocycles. The number of aromatic nitrogens is 4. The second-order valence-electron chi connectivity index (χ2n) is 6.34. The van der Waals surface area contributed by atoms with E-state index >= 15 is 0 Å². The Kier molecular flexibility index (Phi) is 5.78. The third kappa shape index (κ3) is 4.39. The number of carbonyl (C=O) groups is 1. The Morgan fingerprint density at radius 3 is 2.64 bits per heavy atom. The lowest BCUT2D eigenvalue weighted by Crippen LogP contribution is -2.43. The fraction of sp³-hybridized carbons (Fsp3) is 0.333. The van der Waals surface area contributed by atoms with Gasteiger partial charge in [0.15, 0.2) is 10.9 Å². The first-order chi connectivity index (χ1) is 13.4. The fourth-order valence-electron chi connectivity index (χ4n) is 2.78. The largest absolute Gasteiger partial charge is 0.454 e. The summed E-state index contributed by atoms with van der Waals surface area (Å²) in [4.78, 5) is 12.3. The summed E-state index contributed by atoms with van der Waals surface area (Å²) in [5.41, 5.74) is 8.87. The Balaban J connectivity index is 1.53. The lowest BCUT2D eigenvalue weighted by Gasteiger charge is -2.10. The third-order valence-corrected chi connectivity index (χ3v) is 4.44. The number of rotatable bonds is 5. The molecule has 10 heteroatoms. The number of furan rings is 1. The van der Waals surface area contributed by atoms with Crippen molar-refractivity contribution in [3.05, 3.63) is 53.0 Å². The monoisotopic (exact) mass is 401 g/mol. The summed E-state index contributed by atoms with van der Waals surface area (Å²) in [5.74, 6) is 0.395. The number of anilines is 1. The Morgan fingerprint density at radius 2 is 2.00 bits per heavy atom. The maximum atomic E-state index is 12.3. The second-order valence-corrected chi connectivity index (χ2v) is 6.75. The molecule has 0 spiro atoms. The second kappa shape index (κ2) is 8.26. The molecule has 3 aromatic rings. The van der Waals surface area contributed by atoms with Gasteiger partial charge in [-0.3, -0.25) is 25.0 Å². The quantitative estimate of drug-likeness (QED) is 0.445. The third-order valence-electron chi connectivity index (χ3n) is 4.23. The number of carbonyl (C=O) groups excluding carboxylic acids is 1. The van der Waals surface area contributed by atoms with E-state index in [9.17, 15) is 4.79 Å². The number of aryl methyl sites for hydroxylation is 3. The highest BCUT2D eigenvalue weighted by molar-refractivity contribution is 7.80. The van der Waals surface area contributed by atoms with Crippen molar-refractivity contribution in [1.82, 2.24) is 30.4 Å². The smallest absolute Gasteiger partial charge is 0.305 e. The zero-order valence-corrected chi connectivity index (χ0v) is 17.1. The Labute approximate surface area is 168 Å². The number of hydrazine groups is 1. The van der Waals surface area contributed by atoms with E-state index in [0.717, 1.165) is 29.3 Å². The molecule has 0 aliphatic rings. The van der Waals surface area contributed by atoms with Gasteiger partial charge < -0.3 is 9.73 Å². The summed E-state index contributed by atoms with van der Waals surface area (Å²) >= 11 is 5.20. The van der Waals surface area contributed by atoms with Crippen LogP contribution in [0, 0.1) is 20.8 Å². The molecule has 148 valence electrons. The van der Waals surface area contributed by atoms with E-state index in [1.54, 1.807) is 18.3 Å². The highest BCUT2D eigenvalue weighted by Gasteiger charge is 2.13. The van der Waals surface area contributed by atoms with Gasteiger partial charge in [0, 0.05) is 12.2 Å². The minimum Gasteiger partial charge on any atom is -0.454 e. The van der Waals surface area contributed by atoms with Gasteiger partial charge in [-0.2, -0.15) is 10.2 Å². The maximum absolute atomic E-state index is 12.3. The molecule has 3 rings (SSSR count). The zero-order valence-electron chi connectivity index (χ0n) is 16.2. The SMILES string of the molecule is CCn1ncc(NC(=S)NNC(=O)c2ccc(Cn3nc(C)cc3C)o2)c1C. The normalized spacial score (nSPS) is 10.7. The van der Waals surface area contributed by atoms with Crippen molar-refractivity contribution in [1.29, 1.82) is 0 Å². The van der Waals surface area contributed by atoms with Crippen molar-refractivity contribution in [2.75, 3.05) is 5.32 Å². The van der Waals surface area contributed by atoms with E-state index in [2.05, 4.69) is 26.4 Å². The summed E-state index contributed by atoms with van der Waals surface area (Å²) in [6.45, 7) is 9.08. The lowest BCUT2D eigenvalue weighted by atomic mass is 10.4. The molecule has 0 aromatic carbocycles. The predicted octanol–water partition coefficient (Wildman–Crippen LogP) is 2.30. The molecule has 0 unspecified atom stereocenters. The van der Waals surface area contributed by atoms with Gasteiger partial charge in [-0.05, 0) is 58.1 Å². The van der Waals surface area contributed by atoms with Crippen LogP contribution in [0.4, 0.5) is 5.69 Å². The van der Waals surface area contributed by atoms with Crippen molar-refractivity contribution in [3.8, 4) is 0 Å². The molecule has 0 atom stereocenters. The molecule has 3 N–H and O–H groups in total. The standard InChI is InChI=1S/C18H23N7O2S/c1-5-24-13(4)15(9-19-24)20-18(28)22-21-17(26)16-7-6-14(27-16)10-25-12(3)8-11(2)23-25/h6-9H,5,10H2,1-4H3,(H,21,26)(H2,20,22,28). The average Bonchev–Trinajstić information content (AvgIpc) is 3.34. The molecule has 0 saturated carbocycles. The fourth-order valence-corrected chi connectivity index (χ4v) is 2.95. The van der Waals surface area contributed by atoms with Crippen LogP contribution in [-0.4, -0.2) is 30.6 Å². The minimum atomic E-state index is -0.426. The van der Waals surface area contributed by atoms with Gasteiger partial charge in [0.25, 0.3) is 0 Å². The highest BCUT2D eigenvalue weighted by Crippen LogP contribution is 2.13. The van der Waals surface area contributed by atoms with Crippen LogP contribution in [0.2, 0.25) is 0 Å².